The molecule has 0 aromatic carbocycles. The molecule has 0 unspecified atom stereocenters. The van der Waals surface area contributed by atoms with Gasteiger partial charge in [0.2, 0.25) is 11.8 Å². The van der Waals surface area contributed by atoms with E-state index in [1.807, 2.05) is 0 Å². The number of nitrogens with one attached hydrogen (secondary N) is 1. The lowest BCUT2D eigenvalue weighted by Gasteiger charge is -2.31. The molecule has 2 saturated heterocycles. The van der Waals surface area contributed by atoms with Crippen molar-refractivity contribution in [2.75, 3.05) is 24.6 Å². The molecule has 2 aliphatic heterocycles. The minimum absolute atomic E-state index is 0.0130. The molecule has 0 bridgehead atoms. The van der Waals surface area contributed by atoms with E-state index < -0.39 is 9.84 Å². The predicted octanol–water partition coefficient (Wildman–Crippen LogP) is -0.452. The lowest BCUT2D eigenvalue weighted by Crippen LogP contribution is -2.47. The van der Waals surface area contributed by atoms with Gasteiger partial charge in [-0.15, -0.1) is 0 Å². The van der Waals surface area contributed by atoms with Gasteiger partial charge in [0.1, 0.15) is 0 Å². The van der Waals surface area contributed by atoms with Crippen molar-refractivity contribution >= 4 is 21.7 Å². The highest BCUT2D eigenvalue weighted by atomic mass is 32.2. The summed E-state index contributed by atoms with van der Waals surface area (Å²) in [4.78, 5) is 25.1. The van der Waals surface area contributed by atoms with E-state index in [4.69, 9.17) is 0 Å². The SMILES string of the molecule is CC(=O)N1CCC[C@H](C(=O)N[C@H]2CCS(=O)(=O)C2)C1. The number of hydrogen-bond donors (Lipinski definition) is 1. The van der Waals surface area contributed by atoms with E-state index >= 15 is 0 Å². The van der Waals surface area contributed by atoms with E-state index in [0.29, 0.717) is 19.5 Å². The van der Waals surface area contributed by atoms with Gasteiger partial charge in [0.05, 0.1) is 17.4 Å². The Labute approximate surface area is 113 Å². The Morgan fingerprint density at radius 2 is 2.00 bits per heavy atom. The van der Waals surface area contributed by atoms with Crippen molar-refractivity contribution in [3.8, 4) is 0 Å². The van der Waals surface area contributed by atoms with Crippen LogP contribution in [-0.2, 0) is 19.4 Å². The molecule has 0 aromatic heterocycles. The van der Waals surface area contributed by atoms with Crippen LogP contribution in [0.15, 0.2) is 0 Å². The number of likely N-dealkylation sites (tertiary alicyclic amines) is 1. The number of rotatable bonds is 2. The number of hydrogen-bond acceptors (Lipinski definition) is 4. The van der Waals surface area contributed by atoms with Crippen LogP contribution in [0, 0.1) is 5.92 Å². The minimum Gasteiger partial charge on any atom is -0.352 e. The molecule has 0 radical (unpaired) electrons. The first-order valence-corrected chi connectivity index (χ1v) is 8.46. The molecule has 6 nitrogen and oxygen atoms in total. The van der Waals surface area contributed by atoms with Crippen molar-refractivity contribution in [1.82, 2.24) is 10.2 Å². The summed E-state index contributed by atoms with van der Waals surface area (Å²) < 4.78 is 22.7. The molecule has 2 atom stereocenters. The number of carbonyl (C=O) groups excluding carboxylic acids is 2. The van der Waals surface area contributed by atoms with Gasteiger partial charge in [0.15, 0.2) is 9.84 Å². The van der Waals surface area contributed by atoms with Gasteiger partial charge in [0, 0.05) is 26.1 Å². The lowest BCUT2D eigenvalue weighted by molar-refractivity contribution is -0.134. The van der Waals surface area contributed by atoms with E-state index in [-0.39, 0.29) is 35.3 Å². The highest BCUT2D eigenvalue weighted by Crippen LogP contribution is 2.18. The molecular weight excluding hydrogens is 268 g/mol. The topological polar surface area (TPSA) is 83.6 Å². The molecule has 0 aliphatic carbocycles. The normalized spacial score (nSPS) is 30.1. The number of nitrogens with zero attached hydrogens (tertiary/aromatic N) is 1. The average molecular weight is 288 g/mol. The van der Waals surface area contributed by atoms with Crippen molar-refractivity contribution in [1.29, 1.82) is 0 Å². The lowest BCUT2D eigenvalue weighted by atomic mass is 9.96. The average Bonchev–Trinajstić information content (AvgIpc) is 2.68. The Hall–Kier alpha value is -1.11. The van der Waals surface area contributed by atoms with E-state index in [2.05, 4.69) is 5.32 Å². The molecule has 1 N–H and O–H groups in total. The minimum atomic E-state index is -2.98. The summed E-state index contributed by atoms with van der Waals surface area (Å²) in [6, 6.07) is -0.259. The van der Waals surface area contributed by atoms with Crippen LogP contribution in [0.5, 0.6) is 0 Å². The fraction of sp³-hybridized carbons (Fsp3) is 0.833. The number of amides is 2. The molecule has 2 aliphatic rings. The quantitative estimate of drug-likeness (QED) is 0.746. The molecule has 2 amide bonds. The van der Waals surface area contributed by atoms with Gasteiger partial charge in [-0.2, -0.15) is 0 Å². The van der Waals surface area contributed by atoms with Crippen molar-refractivity contribution in [2.24, 2.45) is 5.92 Å². The Morgan fingerprint density at radius 3 is 2.58 bits per heavy atom. The number of sulfone groups is 1. The second-order valence-corrected chi connectivity index (χ2v) is 7.64. The molecule has 0 aromatic rings. The van der Waals surface area contributed by atoms with E-state index in [1.165, 1.54) is 6.92 Å². The van der Waals surface area contributed by atoms with Crippen LogP contribution in [0.25, 0.3) is 0 Å². The Morgan fingerprint density at radius 1 is 1.26 bits per heavy atom. The Balaban J connectivity index is 1.88. The maximum Gasteiger partial charge on any atom is 0.225 e. The number of piperidine rings is 1. The first-order chi connectivity index (χ1) is 8.87. The fourth-order valence-corrected chi connectivity index (χ4v) is 4.38. The van der Waals surface area contributed by atoms with Crippen molar-refractivity contribution in [3.63, 3.8) is 0 Å². The second-order valence-electron chi connectivity index (χ2n) is 5.41. The first kappa shape index (κ1) is 14.3. The Bertz CT molecular complexity index is 474. The molecule has 2 rings (SSSR count). The predicted molar refractivity (Wildman–Crippen MR) is 70.2 cm³/mol. The zero-order valence-corrected chi connectivity index (χ0v) is 11.9. The van der Waals surface area contributed by atoms with Crippen LogP contribution in [0.2, 0.25) is 0 Å². The second kappa shape index (κ2) is 5.48. The van der Waals surface area contributed by atoms with Crippen LogP contribution < -0.4 is 5.32 Å². The van der Waals surface area contributed by atoms with Gasteiger partial charge < -0.3 is 10.2 Å². The van der Waals surface area contributed by atoms with Gasteiger partial charge in [-0.25, -0.2) is 8.42 Å². The highest BCUT2D eigenvalue weighted by Gasteiger charge is 2.32. The zero-order valence-electron chi connectivity index (χ0n) is 11.1. The Kier molecular flexibility index (Phi) is 4.13. The molecule has 0 spiro atoms. The van der Waals surface area contributed by atoms with Gasteiger partial charge in [0.25, 0.3) is 0 Å². The highest BCUT2D eigenvalue weighted by molar-refractivity contribution is 7.91. The van der Waals surface area contributed by atoms with Crippen LogP contribution in [0.1, 0.15) is 26.2 Å². The van der Waals surface area contributed by atoms with E-state index in [1.54, 1.807) is 4.90 Å². The summed E-state index contributed by atoms with van der Waals surface area (Å²) in [5, 5.41) is 2.81. The third kappa shape index (κ3) is 3.68. The van der Waals surface area contributed by atoms with E-state index in [0.717, 1.165) is 12.8 Å². The third-order valence-electron chi connectivity index (χ3n) is 3.82. The van der Waals surface area contributed by atoms with Gasteiger partial charge in [-0.1, -0.05) is 0 Å². The van der Waals surface area contributed by atoms with Gasteiger partial charge in [-0.05, 0) is 19.3 Å². The molecule has 2 heterocycles. The molecule has 19 heavy (non-hydrogen) atoms. The summed E-state index contributed by atoms with van der Waals surface area (Å²) in [6.45, 7) is 2.65. The monoisotopic (exact) mass is 288 g/mol. The third-order valence-corrected chi connectivity index (χ3v) is 5.58. The summed E-state index contributed by atoms with van der Waals surface area (Å²) in [5.74, 6) is -0.140. The summed E-state index contributed by atoms with van der Waals surface area (Å²) in [5.41, 5.74) is 0. The molecule has 108 valence electrons. The first-order valence-electron chi connectivity index (χ1n) is 6.64. The molecule has 0 saturated carbocycles. The number of carbonyl (C=O) groups is 2. The summed E-state index contributed by atoms with van der Waals surface area (Å²) in [7, 11) is -2.98. The van der Waals surface area contributed by atoms with Crippen LogP contribution in [0.4, 0.5) is 0 Å². The van der Waals surface area contributed by atoms with Crippen LogP contribution in [0.3, 0.4) is 0 Å². The summed E-state index contributed by atoms with van der Waals surface area (Å²) in [6.07, 6.45) is 2.08. The summed E-state index contributed by atoms with van der Waals surface area (Å²) >= 11 is 0. The van der Waals surface area contributed by atoms with Crippen molar-refractivity contribution < 1.29 is 18.0 Å². The van der Waals surface area contributed by atoms with Crippen LogP contribution in [-0.4, -0.2) is 55.8 Å². The fourth-order valence-electron chi connectivity index (χ4n) is 2.71. The van der Waals surface area contributed by atoms with Crippen molar-refractivity contribution in [3.05, 3.63) is 0 Å². The van der Waals surface area contributed by atoms with Gasteiger partial charge in [-0.3, -0.25) is 9.59 Å². The molecule has 2 fully saturated rings. The largest absolute Gasteiger partial charge is 0.352 e. The molecule has 7 heteroatoms. The zero-order chi connectivity index (χ0) is 14.0. The molecular formula is C12H20N2O4S. The van der Waals surface area contributed by atoms with Gasteiger partial charge >= 0.3 is 0 Å². The van der Waals surface area contributed by atoms with Crippen LogP contribution >= 0.6 is 0 Å². The smallest absolute Gasteiger partial charge is 0.225 e. The van der Waals surface area contributed by atoms with Crippen molar-refractivity contribution in [2.45, 2.75) is 32.2 Å². The standard InChI is InChI=1S/C12H20N2O4S/c1-9(15)14-5-2-3-10(7-14)12(16)13-11-4-6-19(17,18)8-11/h10-11H,2-8H2,1H3,(H,13,16)/t10-,11-/m0/s1. The maximum absolute atomic E-state index is 12.1. The van der Waals surface area contributed by atoms with E-state index in [9.17, 15) is 18.0 Å². The maximum atomic E-state index is 12.1.